The molecule has 0 aromatic heterocycles. The highest BCUT2D eigenvalue weighted by Gasteiger charge is 2.25. The molecule has 0 fully saturated rings. The molecule has 29 heavy (non-hydrogen) atoms. The van der Waals surface area contributed by atoms with Crippen molar-refractivity contribution < 1.29 is 18.3 Å². The molecule has 150 valence electrons. The zero-order chi connectivity index (χ0) is 21.2. The number of rotatable bonds is 6. The minimum absolute atomic E-state index is 0.0168. The largest absolute Gasteiger partial charge is 0.478 e. The number of nitrogens with zero attached hydrogens (tertiary/aromatic N) is 1. The van der Waals surface area contributed by atoms with Gasteiger partial charge in [0.1, 0.15) is 0 Å². The van der Waals surface area contributed by atoms with Crippen LogP contribution in [-0.4, -0.2) is 26.0 Å². The third kappa shape index (κ3) is 4.17. The van der Waals surface area contributed by atoms with Crippen LogP contribution in [0.4, 0.5) is 5.69 Å². The van der Waals surface area contributed by atoms with Gasteiger partial charge in [0.25, 0.3) is 10.0 Å². The number of carboxylic acids is 1. The molecule has 3 rings (SSSR count). The van der Waals surface area contributed by atoms with E-state index in [0.717, 1.165) is 11.1 Å². The summed E-state index contributed by atoms with van der Waals surface area (Å²) in [4.78, 5) is 11.4. The number of sulfonamides is 1. The van der Waals surface area contributed by atoms with Crippen LogP contribution in [0.2, 0.25) is 0 Å². The predicted octanol–water partition coefficient (Wildman–Crippen LogP) is 4.88. The van der Waals surface area contributed by atoms with E-state index < -0.39 is 16.0 Å². The number of hydrogen-bond donors (Lipinski definition) is 1. The van der Waals surface area contributed by atoms with Crippen LogP contribution in [-0.2, 0) is 10.0 Å². The molecule has 0 heterocycles. The van der Waals surface area contributed by atoms with Gasteiger partial charge in [-0.3, -0.25) is 4.31 Å². The third-order valence-electron chi connectivity index (χ3n) is 4.85. The number of carboxylic acid groups (broad SMARTS) is 1. The molecule has 0 unspecified atom stereocenters. The van der Waals surface area contributed by atoms with Crippen molar-refractivity contribution in [2.24, 2.45) is 0 Å². The molecule has 0 atom stereocenters. The molecule has 0 aliphatic rings. The monoisotopic (exact) mass is 409 g/mol. The molecule has 3 aromatic rings. The van der Waals surface area contributed by atoms with E-state index in [-0.39, 0.29) is 17.0 Å². The fourth-order valence-electron chi connectivity index (χ4n) is 3.18. The minimum atomic E-state index is -3.89. The third-order valence-corrected chi connectivity index (χ3v) is 6.75. The van der Waals surface area contributed by atoms with E-state index in [1.54, 1.807) is 26.0 Å². The molecule has 3 aromatic carbocycles. The normalized spacial score (nSPS) is 11.3. The molecule has 0 saturated carbocycles. The smallest absolute Gasteiger partial charge is 0.335 e. The molecule has 6 heteroatoms. The summed E-state index contributed by atoms with van der Waals surface area (Å²) in [5.41, 5.74) is 4.25. The highest BCUT2D eigenvalue weighted by atomic mass is 32.2. The van der Waals surface area contributed by atoms with Crippen LogP contribution in [0.3, 0.4) is 0 Å². The highest BCUT2D eigenvalue weighted by Crippen LogP contribution is 2.28. The lowest BCUT2D eigenvalue weighted by Gasteiger charge is -2.23. The molecule has 0 radical (unpaired) electrons. The SMILES string of the molecule is CCN(c1ccc(-c2ccc(C)cc2)cc1)S(=O)(=O)c1ccc(C)c(C(=O)O)c1. The summed E-state index contributed by atoms with van der Waals surface area (Å²) >= 11 is 0. The average molecular weight is 410 g/mol. The summed E-state index contributed by atoms with van der Waals surface area (Å²) in [5.74, 6) is -1.15. The van der Waals surface area contributed by atoms with Crippen molar-refractivity contribution in [2.75, 3.05) is 10.8 Å². The van der Waals surface area contributed by atoms with E-state index in [9.17, 15) is 18.3 Å². The Bertz CT molecular complexity index is 1130. The number of anilines is 1. The summed E-state index contributed by atoms with van der Waals surface area (Å²) in [7, 11) is -3.89. The fraction of sp³-hybridized carbons (Fsp3) is 0.174. The first-order valence-corrected chi connectivity index (χ1v) is 10.7. The number of aryl methyl sites for hydroxylation is 2. The summed E-state index contributed by atoms with van der Waals surface area (Å²) in [5, 5.41) is 9.32. The number of benzene rings is 3. The molecular weight excluding hydrogens is 386 g/mol. The van der Waals surface area contributed by atoms with Crippen LogP contribution < -0.4 is 4.31 Å². The number of carbonyl (C=O) groups is 1. The van der Waals surface area contributed by atoms with E-state index in [1.165, 1.54) is 28.1 Å². The van der Waals surface area contributed by atoms with Gasteiger partial charge in [0, 0.05) is 6.54 Å². The van der Waals surface area contributed by atoms with Gasteiger partial charge in [-0.1, -0.05) is 48.0 Å². The lowest BCUT2D eigenvalue weighted by molar-refractivity contribution is 0.0696. The van der Waals surface area contributed by atoms with Crippen LogP contribution in [0.25, 0.3) is 11.1 Å². The molecule has 1 N–H and O–H groups in total. The number of hydrogen-bond acceptors (Lipinski definition) is 3. The summed E-state index contributed by atoms with van der Waals surface area (Å²) < 4.78 is 27.6. The van der Waals surface area contributed by atoms with Crippen molar-refractivity contribution in [3.05, 3.63) is 83.4 Å². The Morgan fingerprint density at radius 1 is 0.897 bits per heavy atom. The predicted molar refractivity (Wildman–Crippen MR) is 115 cm³/mol. The van der Waals surface area contributed by atoms with Gasteiger partial charge in [0.05, 0.1) is 16.1 Å². The second-order valence-corrected chi connectivity index (χ2v) is 8.73. The van der Waals surface area contributed by atoms with Crippen LogP contribution in [0.1, 0.15) is 28.4 Å². The quantitative estimate of drug-likeness (QED) is 0.629. The topological polar surface area (TPSA) is 74.7 Å². The van der Waals surface area contributed by atoms with Crippen molar-refractivity contribution in [1.29, 1.82) is 0 Å². The van der Waals surface area contributed by atoms with Crippen molar-refractivity contribution in [1.82, 2.24) is 0 Å². The lowest BCUT2D eigenvalue weighted by atomic mass is 10.0. The molecule has 0 saturated heterocycles. The first-order valence-electron chi connectivity index (χ1n) is 9.28. The van der Waals surface area contributed by atoms with E-state index in [2.05, 4.69) is 0 Å². The Kier molecular flexibility index (Phi) is 5.75. The second-order valence-electron chi connectivity index (χ2n) is 6.86. The van der Waals surface area contributed by atoms with Crippen LogP contribution >= 0.6 is 0 Å². The van der Waals surface area contributed by atoms with E-state index in [0.29, 0.717) is 11.3 Å². The van der Waals surface area contributed by atoms with Gasteiger partial charge in [-0.05, 0) is 61.7 Å². The Balaban J connectivity index is 1.97. The molecule has 0 aliphatic heterocycles. The van der Waals surface area contributed by atoms with Gasteiger partial charge >= 0.3 is 5.97 Å². The van der Waals surface area contributed by atoms with Crippen molar-refractivity contribution in [3.8, 4) is 11.1 Å². The van der Waals surface area contributed by atoms with Gasteiger partial charge < -0.3 is 5.11 Å². The lowest BCUT2D eigenvalue weighted by Crippen LogP contribution is -2.31. The Hall–Kier alpha value is -3.12. The van der Waals surface area contributed by atoms with Crippen molar-refractivity contribution in [2.45, 2.75) is 25.7 Å². The highest BCUT2D eigenvalue weighted by molar-refractivity contribution is 7.92. The minimum Gasteiger partial charge on any atom is -0.478 e. The van der Waals surface area contributed by atoms with Crippen molar-refractivity contribution in [3.63, 3.8) is 0 Å². The second kappa shape index (κ2) is 8.09. The molecule has 0 aliphatic carbocycles. The molecule has 0 amide bonds. The van der Waals surface area contributed by atoms with Gasteiger partial charge in [-0.25, -0.2) is 13.2 Å². The average Bonchev–Trinajstić information content (AvgIpc) is 2.69. The summed E-state index contributed by atoms with van der Waals surface area (Å²) in [6, 6.07) is 19.6. The Labute approximate surface area is 171 Å². The first kappa shape index (κ1) is 20.6. The number of aromatic carboxylic acids is 1. The maximum atomic E-state index is 13.2. The van der Waals surface area contributed by atoms with E-state index in [1.807, 2.05) is 43.3 Å². The fourth-order valence-corrected chi connectivity index (χ4v) is 4.68. The van der Waals surface area contributed by atoms with E-state index >= 15 is 0 Å². The first-order chi connectivity index (χ1) is 13.7. The zero-order valence-corrected chi connectivity index (χ0v) is 17.4. The van der Waals surface area contributed by atoms with Gasteiger partial charge in [-0.15, -0.1) is 0 Å². The van der Waals surface area contributed by atoms with E-state index in [4.69, 9.17) is 0 Å². The Morgan fingerprint density at radius 2 is 1.45 bits per heavy atom. The Morgan fingerprint density at radius 3 is 1.97 bits per heavy atom. The van der Waals surface area contributed by atoms with Crippen LogP contribution in [0, 0.1) is 13.8 Å². The maximum Gasteiger partial charge on any atom is 0.335 e. The molecule has 0 spiro atoms. The standard InChI is InChI=1S/C23H23NO4S/c1-4-24(29(27,28)21-14-7-17(3)22(15-21)23(25)26)20-12-10-19(11-13-20)18-8-5-16(2)6-9-18/h5-15H,4H2,1-3H3,(H,25,26). The summed E-state index contributed by atoms with van der Waals surface area (Å²) in [6.07, 6.45) is 0. The summed E-state index contributed by atoms with van der Waals surface area (Å²) in [6.45, 7) is 5.64. The van der Waals surface area contributed by atoms with Gasteiger partial charge in [-0.2, -0.15) is 0 Å². The molecule has 5 nitrogen and oxygen atoms in total. The van der Waals surface area contributed by atoms with Gasteiger partial charge in [0.15, 0.2) is 0 Å². The van der Waals surface area contributed by atoms with Crippen molar-refractivity contribution >= 4 is 21.7 Å². The molecule has 0 bridgehead atoms. The van der Waals surface area contributed by atoms with Crippen LogP contribution in [0.15, 0.2) is 71.6 Å². The zero-order valence-electron chi connectivity index (χ0n) is 16.6. The maximum absolute atomic E-state index is 13.2. The molecular formula is C23H23NO4S. The van der Waals surface area contributed by atoms with Gasteiger partial charge in [0.2, 0.25) is 0 Å². The van der Waals surface area contributed by atoms with Crippen LogP contribution in [0.5, 0.6) is 0 Å².